The van der Waals surface area contributed by atoms with Crippen molar-refractivity contribution in [1.29, 1.82) is 0 Å². The zero-order valence-electron chi connectivity index (χ0n) is 10.8. The molecule has 3 aromatic rings. The second kappa shape index (κ2) is 6.04. The quantitative estimate of drug-likeness (QED) is 0.693. The molecule has 1 heterocycles. The Morgan fingerprint density at radius 2 is 1.71 bits per heavy atom. The highest BCUT2D eigenvalue weighted by atomic mass is 127. The van der Waals surface area contributed by atoms with Gasteiger partial charge in [-0.2, -0.15) is 0 Å². The lowest BCUT2D eigenvalue weighted by Gasteiger charge is -2.05. The number of carbonyl (C=O) groups is 1. The SMILES string of the molecule is O=C(Nc1nonc1-c1ccccc1)c1ccccc1I. The fourth-order valence-electron chi connectivity index (χ4n) is 1.88. The molecule has 1 N–H and O–H groups in total. The normalized spacial score (nSPS) is 10.3. The smallest absolute Gasteiger partial charge is 0.258 e. The molecule has 104 valence electrons. The van der Waals surface area contributed by atoms with E-state index in [2.05, 4.69) is 38.2 Å². The number of aromatic nitrogens is 2. The van der Waals surface area contributed by atoms with Crippen LogP contribution >= 0.6 is 22.6 Å². The third-order valence-corrected chi connectivity index (χ3v) is 3.83. The van der Waals surface area contributed by atoms with Gasteiger partial charge in [0, 0.05) is 9.13 Å². The van der Waals surface area contributed by atoms with Crippen LogP contribution in [0, 0.1) is 3.57 Å². The van der Waals surface area contributed by atoms with E-state index < -0.39 is 0 Å². The van der Waals surface area contributed by atoms with E-state index in [0.29, 0.717) is 17.1 Å². The Hall–Kier alpha value is -2.22. The summed E-state index contributed by atoms with van der Waals surface area (Å²) >= 11 is 2.12. The Morgan fingerprint density at radius 1 is 1.00 bits per heavy atom. The van der Waals surface area contributed by atoms with Crippen molar-refractivity contribution >= 4 is 34.3 Å². The summed E-state index contributed by atoms with van der Waals surface area (Å²) in [4.78, 5) is 12.3. The lowest BCUT2D eigenvalue weighted by Crippen LogP contribution is -2.14. The number of anilines is 1. The number of benzene rings is 2. The molecule has 0 bridgehead atoms. The first-order chi connectivity index (χ1) is 10.3. The molecule has 1 aromatic heterocycles. The van der Waals surface area contributed by atoms with Crippen molar-refractivity contribution in [2.75, 3.05) is 5.32 Å². The molecule has 0 aliphatic rings. The predicted octanol–water partition coefficient (Wildman–Crippen LogP) is 3.59. The number of amides is 1. The number of nitrogens with zero attached hydrogens (tertiary/aromatic N) is 2. The molecule has 1 amide bonds. The largest absolute Gasteiger partial charge is 0.302 e. The highest BCUT2D eigenvalue weighted by Gasteiger charge is 2.17. The van der Waals surface area contributed by atoms with Gasteiger partial charge in [0.25, 0.3) is 5.91 Å². The summed E-state index contributed by atoms with van der Waals surface area (Å²) in [5, 5.41) is 10.4. The van der Waals surface area contributed by atoms with E-state index in [9.17, 15) is 4.79 Å². The maximum absolute atomic E-state index is 12.3. The standard InChI is InChI=1S/C15H10IN3O2/c16-12-9-5-4-8-11(12)15(20)17-14-13(18-21-19-14)10-6-2-1-3-7-10/h1-9H,(H,17,19,20). The van der Waals surface area contributed by atoms with Crippen LogP contribution in [-0.4, -0.2) is 16.2 Å². The van der Waals surface area contributed by atoms with Gasteiger partial charge in [0.05, 0.1) is 5.56 Å². The Balaban J connectivity index is 1.89. The second-order valence-corrected chi connectivity index (χ2v) is 5.42. The number of rotatable bonds is 3. The molecule has 0 aliphatic carbocycles. The van der Waals surface area contributed by atoms with Crippen molar-refractivity contribution in [3.05, 3.63) is 63.7 Å². The van der Waals surface area contributed by atoms with Gasteiger partial charge in [-0.05, 0) is 45.0 Å². The van der Waals surface area contributed by atoms with Gasteiger partial charge in [0.1, 0.15) is 0 Å². The molecule has 2 aromatic carbocycles. The van der Waals surface area contributed by atoms with Crippen LogP contribution in [0.3, 0.4) is 0 Å². The minimum Gasteiger partial charge on any atom is -0.302 e. The van der Waals surface area contributed by atoms with Crippen LogP contribution < -0.4 is 5.32 Å². The average molecular weight is 391 g/mol. The molecule has 0 fully saturated rings. The first-order valence-electron chi connectivity index (χ1n) is 6.19. The molecule has 5 nitrogen and oxygen atoms in total. The average Bonchev–Trinajstić information content (AvgIpc) is 2.96. The summed E-state index contributed by atoms with van der Waals surface area (Å²) in [6.07, 6.45) is 0. The maximum atomic E-state index is 12.3. The summed E-state index contributed by atoms with van der Waals surface area (Å²) in [5.41, 5.74) is 1.92. The van der Waals surface area contributed by atoms with E-state index in [1.54, 1.807) is 6.07 Å². The molecule has 0 aliphatic heterocycles. The molecule has 0 saturated heterocycles. The summed E-state index contributed by atoms with van der Waals surface area (Å²) in [5.74, 6) is 0.0683. The second-order valence-electron chi connectivity index (χ2n) is 4.26. The molecular formula is C15H10IN3O2. The summed E-state index contributed by atoms with van der Waals surface area (Å²) in [6, 6.07) is 16.7. The van der Waals surface area contributed by atoms with Gasteiger partial charge in [-0.15, -0.1) is 0 Å². The van der Waals surface area contributed by atoms with Gasteiger partial charge in [-0.1, -0.05) is 42.5 Å². The number of halogens is 1. The fraction of sp³-hybridized carbons (Fsp3) is 0. The molecule has 0 radical (unpaired) electrons. The van der Waals surface area contributed by atoms with Crippen molar-refractivity contribution < 1.29 is 9.42 Å². The molecule has 6 heteroatoms. The van der Waals surface area contributed by atoms with E-state index in [-0.39, 0.29) is 5.91 Å². The summed E-state index contributed by atoms with van der Waals surface area (Å²) in [6.45, 7) is 0. The van der Waals surface area contributed by atoms with Gasteiger partial charge in [0.15, 0.2) is 5.69 Å². The van der Waals surface area contributed by atoms with Gasteiger partial charge < -0.3 is 5.32 Å². The predicted molar refractivity (Wildman–Crippen MR) is 86.8 cm³/mol. The minimum atomic E-state index is -0.243. The Kier molecular flexibility index (Phi) is 3.96. The van der Waals surface area contributed by atoms with Crippen LogP contribution in [0.5, 0.6) is 0 Å². The zero-order valence-corrected chi connectivity index (χ0v) is 12.9. The van der Waals surface area contributed by atoms with Crippen molar-refractivity contribution in [1.82, 2.24) is 10.3 Å². The van der Waals surface area contributed by atoms with E-state index in [1.165, 1.54) is 0 Å². The van der Waals surface area contributed by atoms with E-state index in [0.717, 1.165) is 9.13 Å². The first-order valence-corrected chi connectivity index (χ1v) is 7.27. The molecule has 0 spiro atoms. The van der Waals surface area contributed by atoms with Crippen LogP contribution in [0.1, 0.15) is 10.4 Å². The van der Waals surface area contributed by atoms with Crippen LogP contribution in [0.4, 0.5) is 5.82 Å². The van der Waals surface area contributed by atoms with Crippen molar-refractivity contribution in [3.8, 4) is 11.3 Å². The van der Waals surface area contributed by atoms with Crippen LogP contribution in [0.25, 0.3) is 11.3 Å². The first kappa shape index (κ1) is 13.7. The number of carbonyl (C=O) groups excluding carboxylic acids is 1. The third kappa shape index (κ3) is 2.94. The van der Waals surface area contributed by atoms with Gasteiger partial charge in [-0.25, -0.2) is 4.63 Å². The zero-order chi connectivity index (χ0) is 14.7. The Bertz CT molecular complexity index is 771. The summed E-state index contributed by atoms with van der Waals surface area (Å²) in [7, 11) is 0. The number of hydrogen-bond donors (Lipinski definition) is 1. The van der Waals surface area contributed by atoms with E-state index >= 15 is 0 Å². The third-order valence-electron chi connectivity index (χ3n) is 2.89. The molecule has 0 unspecified atom stereocenters. The van der Waals surface area contributed by atoms with E-state index in [4.69, 9.17) is 4.63 Å². The number of nitrogens with one attached hydrogen (secondary N) is 1. The lowest BCUT2D eigenvalue weighted by molar-refractivity contribution is 0.102. The van der Waals surface area contributed by atoms with Gasteiger partial charge in [-0.3, -0.25) is 4.79 Å². The highest BCUT2D eigenvalue weighted by Crippen LogP contribution is 2.24. The molecule has 21 heavy (non-hydrogen) atoms. The molecular weight excluding hydrogens is 381 g/mol. The van der Waals surface area contributed by atoms with Crippen molar-refractivity contribution in [2.45, 2.75) is 0 Å². The Morgan fingerprint density at radius 3 is 2.48 bits per heavy atom. The van der Waals surface area contributed by atoms with Crippen LogP contribution in [0.15, 0.2) is 59.2 Å². The van der Waals surface area contributed by atoms with Gasteiger partial charge >= 0.3 is 0 Å². The Labute approximate surface area is 134 Å². The highest BCUT2D eigenvalue weighted by molar-refractivity contribution is 14.1. The summed E-state index contributed by atoms with van der Waals surface area (Å²) < 4.78 is 5.62. The maximum Gasteiger partial charge on any atom is 0.258 e. The topological polar surface area (TPSA) is 68.0 Å². The van der Waals surface area contributed by atoms with Gasteiger partial charge in [0.2, 0.25) is 5.82 Å². The van der Waals surface area contributed by atoms with Crippen molar-refractivity contribution in [3.63, 3.8) is 0 Å². The fourth-order valence-corrected chi connectivity index (χ4v) is 2.51. The monoisotopic (exact) mass is 391 g/mol. The minimum absolute atomic E-state index is 0.243. The molecule has 3 rings (SSSR count). The lowest BCUT2D eigenvalue weighted by atomic mass is 10.1. The number of hydrogen-bond acceptors (Lipinski definition) is 4. The van der Waals surface area contributed by atoms with Crippen LogP contribution in [-0.2, 0) is 0 Å². The molecule has 0 atom stereocenters. The van der Waals surface area contributed by atoms with Crippen LogP contribution in [0.2, 0.25) is 0 Å². The van der Waals surface area contributed by atoms with E-state index in [1.807, 2.05) is 48.5 Å². The molecule has 0 saturated carbocycles. The van der Waals surface area contributed by atoms with Crippen molar-refractivity contribution in [2.24, 2.45) is 0 Å².